The molecule has 0 aliphatic rings. The number of halogens is 1. The Labute approximate surface area is 159 Å². The van der Waals surface area contributed by atoms with Crippen LogP contribution in [0, 0.1) is 0 Å². The van der Waals surface area contributed by atoms with Gasteiger partial charge in [0, 0.05) is 43.3 Å². The van der Waals surface area contributed by atoms with Gasteiger partial charge < -0.3 is 4.90 Å². The number of nitrogens with zero attached hydrogens (tertiary/aromatic N) is 2. The summed E-state index contributed by atoms with van der Waals surface area (Å²) in [7, 11) is 1.82. The Morgan fingerprint density at radius 2 is 1.77 bits per heavy atom. The summed E-state index contributed by atoms with van der Waals surface area (Å²) >= 11 is 6.43. The van der Waals surface area contributed by atoms with Crippen LogP contribution in [0.15, 0.2) is 79.1 Å². The minimum atomic E-state index is -0.0752. The Kier molecular flexibility index (Phi) is 6.03. The van der Waals surface area contributed by atoms with E-state index in [4.69, 9.17) is 11.6 Å². The lowest BCUT2D eigenvalue weighted by atomic mass is 9.88. The SMILES string of the molecule is CN(Cc1cccnc1)C(=O)CC(c1ccccc1)c1ccccc1Cl. The number of rotatable bonds is 6. The van der Waals surface area contributed by atoms with Gasteiger partial charge in [0.1, 0.15) is 0 Å². The Bertz CT molecular complexity index is 852. The van der Waals surface area contributed by atoms with E-state index in [0.717, 1.165) is 16.7 Å². The average molecular weight is 365 g/mol. The van der Waals surface area contributed by atoms with E-state index < -0.39 is 0 Å². The Morgan fingerprint density at radius 1 is 1.04 bits per heavy atom. The van der Waals surface area contributed by atoms with Crippen LogP contribution in [0.4, 0.5) is 0 Å². The predicted molar refractivity (Wildman–Crippen MR) is 105 cm³/mol. The van der Waals surface area contributed by atoms with E-state index in [-0.39, 0.29) is 11.8 Å². The summed E-state index contributed by atoms with van der Waals surface area (Å²) in [5.41, 5.74) is 3.07. The lowest BCUT2D eigenvalue weighted by Gasteiger charge is -2.23. The fraction of sp³-hybridized carbons (Fsp3) is 0.182. The smallest absolute Gasteiger partial charge is 0.223 e. The van der Waals surface area contributed by atoms with Crippen LogP contribution < -0.4 is 0 Å². The van der Waals surface area contributed by atoms with Crippen molar-refractivity contribution in [1.82, 2.24) is 9.88 Å². The second-order valence-electron chi connectivity index (χ2n) is 6.30. The summed E-state index contributed by atoms with van der Waals surface area (Å²) in [6.45, 7) is 0.538. The standard InChI is InChI=1S/C22H21ClN2O/c1-25(16-17-8-7-13-24-15-17)22(26)14-20(18-9-3-2-4-10-18)19-11-5-6-12-21(19)23/h2-13,15,20H,14,16H2,1H3. The monoisotopic (exact) mass is 364 g/mol. The van der Waals surface area contributed by atoms with Gasteiger partial charge in [-0.2, -0.15) is 0 Å². The molecule has 4 heteroatoms. The predicted octanol–water partition coefficient (Wildman–Crippen LogP) is 4.92. The van der Waals surface area contributed by atoms with Gasteiger partial charge in [-0.15, -0.1) is 0 Å². The minimum Gasteiger partial charge on any atom is -0.341 e. The van der Waals surface area contributed by atoms with Crippen molar-refractivity contribution in [2.45, 2.75) is 18.9 Å². The number of benzene rings is 2. The molecule has 0 saturated carbocycles. The van der Waals surface area contributed by atoms with Gasteiger partial charge in [0.05, 0.1) is 0 Å². The number of pyridine rings is 1. The molecule has 1 aromatic heterocycles. The highest BCUT2D eigenvalue weighted by molar-refractivity contribution is 6.31. The maximum Gasteiger partial charge on any atom is 0.223 e. The third-order valence-electron chi connectivity index (χ3n) is 4.43. The van der Waals surface area contributed by atoms with Gasteiger partial charge in [0.2, 0.25) is 5.91 Å². The summed E-state index contributed by atoms with van der Waals surface area (Å²) in [6.07, 6.45) is 3.88. The molecule has 0 aliphatic heterocycles. The van der Waals surface area contributed by atoms with E-state index >= 15 is 0 Å². The van der Waals surface area contributed by atoms with Crippen LogP contribution >= 0.6 is 11.6 Å². The van der Waals surface area contributed by atoms with E-state index in [1.54, 1.807) is 17.3 Å². The van der Waals surface area contributed by atoms with Crippen LogP contribution in [0.5, 0.6) is 0 Å². The molecule has 0 aliphatic carbocycles. The van der Waals surface area contributed by atoms with Crippen molar-refractivity contribution in [3.63, 3.8) is 0 Å². The van der Waals surface area contributed by atoms with Crippen LogP contribution in [0.1, 0.15) is 29.0 Å². The summed E-state index contributed by atoms with van der Waals surface area (Å²) in [6, 6.07) is 21.6. The zero-order valence-electron chi connectivity index (χ0n) is 14.7. The first-order valence-corrected chi connectivity index (χ1v) is 8.95. The number of carbonyl (C=O) groups excluding carboxylic acids is 1. The second-order valence-corrected chi connectivity index (χ2v) is 6.71. The molecule has 0 saturated heterocycles. The molecule has 0 bridgehead atoms. The molecule has 3 nitrogen and oxygen atoms in total. The van der Waals surface area contributed by atoms with Crippen molar-refractivity contribution >= 4 is 17.5 Å². The van der Waals surface area contributed by atoms with Crippen LogP contribution in [-0.4, -0.2) is 22.8 Å². The molecule has 1 atom stereocenters. The van der Waals surface area contributed by atoms with Crippen molar-refractivity contribution in [3.05, 3.63) is 101 Å². The lowest BCUT2D eigenvalue weighted by molar-refractivity contribution is -0.130. The van der Waals surface area contributed by atoms with Crippen LogP contribution in [0.25, 0.3) is 0 Å². The van der Waals surface area contributed by atoms with Crippen LogP contribution in [0.2, 0.25) is 5.02 Å². The molecule has 2 aromatic carbocycles. The topological polar surface area (TPSA) is 33.2 Å². The van der Waals surface area contributed by atoms with Crippen molar-refractivity contribution in [1.29, 1.82) is 0 Å². The Hall–Kier alpha value is -2.65. The van der Waals surface area contributed by atoms with Gasteiger partial charge in [0.25, 0.3) is 0 Å². The lowest BCUT2D eigenvalue weighted by Crippen LogP contribution is -2.28. The molecule has 26 heavy (non-hydrogen) atoms. The minimum absolute atomic E-state index is 0.0719. The van der Waals surface area contributed by atoms with E-state index in [1.807, 2.05) is 73.8 Å². The summed E-state index contributed by atoms with van der Waals surface area (Å²) in [5.74, 6) is -0.00336. The number of aromatic nitrogens is 1. The molecule has 1 unspecified atom stereocenters. The molecule has 0 N–H and O–H groups in total. The quantitative estimate of drug-likeness (QED) is 0.622. The first-order chi connectivity index (χ1) is 12.6. The highest BCUT2D eigenvalue weighted by Crippen LogP contribution is 2.33. The number of hydrogen-bond donors (Lipinski definition) is 0. The summed E-state index contributed by atoms with van der Waals surface area (Å²) in [5, 5.41) is 0.684. The third kappa shape index (κ3) is 4.50. The number of carbonyl (C=O) groups is 1. The number of amides is 1. The van der Waals surface area contributed by atoms with Gasteiger partial charge in [-0.1, -0.05) is 66.2 Å². The molecule has 1 amide bonds. The largest absolute Gasteiger partial charge is 0.341 e. The van der Waals surface area contributed by atoms with Gasteiger partial charge >= 0.3 is 0 Å². The van der Waals surface area contributed by atoms with Gasteiger partial charge in [-0.3, -0.25) is 9.78 Å². The molecule has 132 valence electrons. The Morgan fingerprint density at radius 3 is 2.46 bits per heavy atom. The zero-order valence-corrected chi connectivity index (χ0v) is 15.4. The van der Waals surface area contributed by atoms with Crippen molar-refractivity contribution < 1.29 is 4.79 Å². The first-order valence-electron chi connectivity index (χ1n) is 8.57. The fourth-order valence-electron chi connectivity index (χ4n) is 3.03. The van der Waals surface area contributed by atoms with Gasteiger partial charge in [0.15, 0.2) is 0 Å². The fourth-order valence-corrected chi connectivity index (χ4v) is 3.30. The van der Waals surface area contributed by atoms with Crippen molar-refractivity contribution in [2.75, 3.05) is 7.05 Å². The summed E-state index contributed by atoms with van der Waals surface area (Å²) in [4.78, 5) is 18.7. The van der Waals surface area contributed by atoms with Crippen molar-refractivity contribution in [3.8, 4) is 0 Å². The first kappa shape index (κ1) is 18.2. The normalized spacial score (nSPS) is 11.8. The van der Waals surface area contributed by atoms with E-state index in [1.165, 1.54) is 0 Å². The molecule has 3 aromatic rings. The maximum absolute atomic E-state index is 12.9. The molecule has 3 rings (SSSR count). The highest BCUT2D eigenvalue weighted by Gasteiger charge is 2.22. The second kappa shape index (κ2) is 8.63. The highest BCUT2D eigenvalue weighted by atomic mass is 35.5. The van der Waals surface area contributed by atoms with Crippen molar-refractivity contribution in [2.24, 2.45) is 0 Å². The average Bonchev–Trinajstić information content (AvgIpc) is 2.68. The third-order valence-corrected chi connectivity index (χ3v) is 4.77. The van der Waals surface area contributed by atoms with E-state index in [2.05, 4.69) is 4.98 Å². The Balaban J connectivity index is 1.82. The van der Waals surface area contributed by atoms with Crippen LogP contribution in [-0.2, 0) is 11.3 Å². The van der Waals surface area contributed by atoms with E-state index in [0.29, 0.717) is 18.0 Å². The zero-order chi connectivity index (χ0) is 18.4. The summed E-state index contributed by atoms with van der Waals surface area (Å²) < 4.78 is 0. The molecule has 0 radical (unpaired) electrons. The molecule has 0 spiro atoms. The maximum atomic E-state index is 12.9. The number of hydrogen-bond acceptors (Lipinski definition) is 2. The van der Waals surface area contributed by atoms with Gasteiger partial charge in [-0.05, 0) is 28.8 Å². The van der Waals surface area contributed by atoms with Crippen LogP contribution in [0.3, 0.4) is 0 Å². The molecular formula is C22H21ClN2O. The van der Waals surface area contributed by atoms with E-state index in [9.17, 15) is 4.79 Å². The molecule has 0 fully saturated rings. The molecular weight excluding hydrogens is 344 g/mol. The van der Waals surface area contributed by atoms with Gasteiger partial charge in [-0.25, -0.2) is 0 Å². The molecule has 1 heterocycles.